The first-order valence-corrected chi connectivity index (χ1v) is 7.16. The number of ether oxygens (including phenoxy) is 1. The first-order chi connectivity index (χ1) is 11.3. The van der Waals surface area contributed by atoms with Gasteiger partial charge in [0.1, 0.15) is 12.4 Å². The van der Waals surface area contributed by atoms with Crippen LogP contribution in [0.5, 0.6) is 5.75 Å². The van der Waals surface area contributed by atoms with E-state index in [1.807, 2.05) is 36.4 Å². The van der Waals surface area contributed by atoms with E-state index in [2.05, 4.69) is 20.5 Å². The summed E-state index contributed by atoms with van der Waals surface area (Å²) >= 11 is 0. The molecule has 2 heterocycles. The molecule has 0 aliphatic carbocycles. The predicted molar refractivity (Wildman–Crippen MR) is 86.0 cm³/mol. The molecule has 3 aromatic rings. The summed E-state index contributed by atoms with van der Waals surface area (Å²) < 4.78 is 5.71. The molecule has 0 saturated heterocycles. The summed E-state index contributed by atoms with van der Waals surface area (Å²) in [5.74, 6) is 0.552. The average molecular weight is 308 g/mol. The summed E-state index contributed by atoms with van der Waals surface area (Å²) in [5, 5.41) is 9.36. The van der Waals surface area contributed by atoms with Crippen LogP contribution < -0.4 is 10.1 Å². The summed E-state index contributed by atoms with van der Waals surface area (Å²) in [7, 11) is 1.61. The zero-order valence-electron chi connectivity index (χ0n) is 12.6. The quantitative estimate of drug-likeness (QED) is 0.758. The number of nitrogens with zero attached hydrogens (tertiary/aromatic N) is 2. The van der Waals surface area contributed by atoms with Crippen LogP contribution in [0, 0.1) is 0 Å². The maximum Gasteiger partial charge on any atom is 0.251 e. The van der Waals surface area contributed by atoms with Crippen molar-refractivity contribution in [3.8, 4) is 17.1 Å². The number of aromatic amines is 1. The monoisotopic (exact) mass is 308 g/mol. The van der Waals surface area contributed by atoms with Gasteiger partial charge in [0.05, 0.1) is 17.6 Å². The van der Waals surface area contributed by atoms with Gasteiger partial charge >= 0.3 is 0 Å². The van der Waals surface area contributed by atoms with Crippen molar-refractivity contribution in [1.82, 2.24) is 20.5 Å². The van der Waals surface area contributed by atoms with Gasteiger partial charge in [-0.05, 0) is 35.9 Å². The Bertz CT molecular complexity index is 783. The molecule has 6 heteroatoms. The van der Waals surface area contributed by atoms with Gasteiger partial charge in [0.25, 0.3) is 5.91 Å². The first-order valence-electron chi connectivity index (χ1n) is 7.16. The van der Waals surface area contributed by atoms with Crippen LogP contribution in [0.3, 0.4) is 0 Å². The number of H-pyrrole nitrogens is 1. The molecule has 0 spiro atoms. The third-order valence-corrected chi connectivity index (χ3v) is 3.33. The molecule has 0 aliphatic rings. The second-order valence-electron chi connectivity index (χ2n) is 4.92. The van der Waals surface area contributed by atoms with Crippen LogP contribution in [0.25, 0.3) is 11.4 Å². The van der Waals surface area contributed by atoms with Crippen molar-refractivity contribution in [1.29, 1.82) is 0 Å². The molecule has 0 fully saturated rings. The summed E-state index contributed by atoms with van der Waals surface area (Å²) in [4.78, 5) is 16.0. The Morgan fingerprint density at radius 2 is 2.17 bits per heavy atom. The van der Waals surface area contributed by atoms with Gasteiger partial charge in [-0.3, -0.25) is 14.9 Å². The molecule has 0 unspecified atom stereocenters. The zero-order valence-corrected chi connectivity index (χ0v) is 12.6. The van der Waals surface area contributed by atoms with E-state index in [4.69, 9.17) is 4.74 Å². The molecule has 0 bridgehead atoms. The molecule has 0 aliphatic heterocycles. The lowest BCUT2D eigenvalue weighted by Crippen LogP contribution is -2.17. The van der Waals surface area contributed by atoms with Gasteiger partial charge in [0.2, 0.25) is 0 Å². The van der Waals surface area contributed by atoms with Crippen molar-refractivity contribution in [3.05, 3.63) is 66.0 Å². The van der Waals surface area contributed by atoms with Crippen molar-refractivity contribution >= 4 is 5.91 Å². The average Bonchev–Trinajstić information content (AvgIpc) is 3.14. The highest BCUT2D eigenvalue weighted by Crippen LogP contribution is 2.18. The summed E-state index contributed by atoms with van der Waals surface area (Å²) in [6.07, 6.45) is 3.35. The van der Waals surface area contributed by atoms with Gasteiger partial charge < -0.3 is 10.1 Å². The summed E-state index contributed by atoms with van der Waals surface area (Å²) in [6, 6.07) is 12.9. The minimum Gasteiger partial charge on any atom is -0.487 e. The van der Waals surface area contributed by atoms with E-state index >= 15 is 0 Å². The summed E-state index contributed by atoms with van der Waals surface area (Å²) in [6.45, 7) is 0.371. The van der Waals surface area contributed by atoms with Crippen molar-refractivity contribution in [2.75, 3.05) is 7.05 Å². The maximum absolute atomic E-state index is 11.6. The molecule has 2 aromatic heterocycles. The van der Waals surface area contributed by atoms with Crippen LogP contribution in [0.15, 0.2) is 54.9 Å². The predicted octanol–water partition coefficient (Wildman–Crippen LogP) is 2.41. The number of aromatic nitrogens is 3. The van der Waals surface area contributed by atoms with E-state index < -0.39 is 0 Å². The standard InChI is InChI=1S/C17H16N4O2/c1-18-17(22)13-4-2-3-12(9-13)11-23-14-5-6-15(19-10-14)16-7-8-20-21-16/h2-10H,11H2,1H3,(H,18,22)(H,20,21). The van der Waals surface area contributed by atoms with Crippen molar-refractivity contribution in [2.45, 2.75) is 6.61 Å². The number of rotatable bonds is 5. The molecule has 1 aromatic carbocycles. The van der Waals surface area contributed by atoms with Crippen LogP contribution in [0.2, 0.25) is 0 Å². The number of hydrogen-bond acceptors (Lipinski definition) is 4. The second kappa shape index (κ2) is 6.74. The Morgan fingerprint density at radius 1 is 1.26 bits per heavy atom. The summed E-state index contributed by atoms with van der Waals surface area (Å²) in [5.41, 5.74) is 3.19. The minimum absolute atomic E-state index is 0.113. The Morgan fingerprint density at radius 3 is 2.87 bits per heavy atom. The number of hydrogen-bond donors (Lipinski definition) is 2. The molecule has 23 heavy (non-hydrogen) atoms. The SMILES string of the molecule is CNC(=O)c1cccc(COc2ccc(-c3ccn[nH]3)nc2)c1. The van der Waals surface area contributed by atoms with Crippen LogP contribution in [0.4, 0.5) is 0 Å². The number of pyridine rings is 1. The van der Waals surface area contributed by atoms with Gasteiger partial charge in [-0.15, -0.1) is 0 Å². The van der Waals surface area contributed by atoms with Crippen LogP contribution in [0.1, 0.15) is 15.9 Å². The fourth-order valence-electron chi connectivity index (χ4n) is 2.14. The molecule has 1 amide bonds. The Kier molecular flexibility index (Phi) is 4.33. The second-order valence-corrected chi connectivity index (χ2v) is 4.92. The number of carbonyl (C=O) groups excluding carboxylic acids is 1. The number of amides is 1. The lowest BCUT2D eigenvalue weighted by Gasteiger charge is -2.08. The van der Waals surface area contributed by atoms with Crippen molar-refractivity contribution < 1.29 is 9.53 Å². The number of nitrogens with one attached hydrogen (secondary N) is 2. The topological polar surface area (TPSA) is 79.9 Å². The molecule has 0 radical (unpaired) electrons. The van der Waals surface area contributed by atoms with Gasteiger partial charge in [0.15, 0.2) is 0 Å². The highest BCUT2D eigenvalue weighted by molar-refractivity contribution is 5.94. The lowest BCUT2D eigenvalue weighted by atomic mass is 10.1. The largest absolute Gasteiger partial charge is 0.487 e. The Balaban J connectivity index is 1.65. The zero-order chi connectivity index (χ0) is 16.1. The molecule has 3 rings (SSSR count). The normalized spacial score (nSPS) is 10.3. The van der Waals surface area contributed by atoms with Crippen LogP contribution in [-0.2, 0) is 6.61 Å². The minimum atomic E-state index is -0.113. The fraction of sp³-hybridized carbons (Fsp3) is 0.118. The third-order valence-electron chi connectivity index (χ3n) is 3.33. The van der Waals surface area contributed by atoms with E-state index in [0.717, 1.165) is 17.0 Å². The molecular weight excluding hydrogens is 292 g/mol. The van der Waals surface area contributed by atoms with Crippen LogP contribution >= 0.6 is 0 Å². The highest BCUT2D eigenvalue weighted by Gasteiger charge is 2.05. The van der Waals surface area contributed by atoms with Gasteiger partial charge in [-0.2, -0.15) is 5.10 Å². The maximum atomic E-state index is 11.6. The number of carbonyl (C=O) groups is 1. The lowest BCUT2D eigenvalue weighted by molar-refractivity contribution is 0.0963. The number of benzene rings is 1. The van der Waals surface area contributed by atoms with E-state index in [1.165, 1.54) is 0 Å². The first kappa shape index (κ1) is 14.8. The Labute approximate surface area is 133 Å². The molecule has 6 nitrogen and oxygen atoms in total. The van der Waals surface area contributed by atoms with Crippen molar-refractivity contribution in [3.63, 3.8) is 0 Å². The van der Waals surface area contributed by atoms with E-state index in [0.29, 0.717) is 17.9 Å². The van der Waals surface area contributed by atoms with E-state index in [9.17, 15) is 4.79 Å². The molecule has 0 atom stereocenters. The van der Waals surface area contributed by atoms with Gasteiger partial charge in [0, 0.05) is 18.8 Å². The molecule has 2 N–H and O–H groups in total. The van der Waals surface area contributed by atoms with Crippen molar-refractivity contribution in [2.24, 2.45) is 0 Å². The molecule has 0 saturated carbocycles. The molecule has 116 valence electrons. The highest BCUT2D eigenvalue weighted by atomic mass is 16.5. The molecular formula is C17H16N4O2. The fourth-order valence-corrected chi connectivity index (χ4v) is 2.14. The smallest absolute Gasteiger partial charge is 0.251 e. The van der Waals surface area contributed by atoms with Crippen LogP contribution in [-0.4, -0.2) is 28.1 Å². The van der Waals surface area contributed by atoms with E-state index in [1.54, 1.807) is 25.5 Å². The van der Waals surface area contributed by atoms with E-state index in [-0.39, 0.29) is 5.91 Å². The third kappa shape index (κ3) is 3.55. The van der Waals surface area contributed by atoms with Gasteiger partial charge in [-0.25, -0.2) is 0 Å². The Hall–Kier alpha value is -3.15. The van der Waals surface area contributed by atoms with Gasteiger partial charge in [-0.1, -0.05) is 12.1 Å².